The van der Waals surface area contributed by atoms with Crippen LogP contribution in [0.4, 0.5) is 10.5 Å². The van der Waals surface area contributed by atoms with E-state index in [-0.39, 0.29) is 12.1 Å². The van der Waals surface area contributed by atoms with Gasteiger partial charge in [-0.1, -0.05) is 6.92 Å². The lowest BCUT2D eigenvalue weighted by Crippen LogP contribution is -2.40. The Labute approximate surface area is 163 Å². The summed E-state index contributed by atoms with van der Waals surface area (Å²) in [5.41, 5.74) is 2.30. The average Bonchev–Trinajstić information content (AvgIpc) is 3.27. The Hall–Kier alpha value is -3.49. The number of hydrogen-bond acceptors (Lipinski definition) is 6. The van der Waals surface area contributed by atoms with Crippen LogP contribution < -0.4 is 10.1 Å². The third kappa shape index (κ3) is 4.61. The van der Waals surface area contributed by atoms with Crippen LogP contribution in [0.5, 0.6) is 5.75 Å². The Morgan fingerprint density at radius 1 is 1.29 bits per heavy atom. The highest BCUT2D eigenvalue weighted by atomic mass is 16.5. The number of anilines is 1. The summed E-state index contributed by atoms with van der Waals surface area (Å²) in [6.07, 6.45) is 5.77. The average molecular weight is 381 g/mol. The van der Waals surface area contributed by atoms with Crippen molar-refractivity contribution in [3.05, 3.63) is 54.6 Å². The van der Waals surface area contributed by atoms with Gasteiger partial charge in [0, 0.05) is 42.8 Å². The van der Waals surface area contributed by atoms with E-state index in [0.29, 0.717) is 23.7 Å². The van der Waals surface area contributed by atoms with Gasteiger partial charge in [-0.2, -0.15) is 0 Å². The van der Waals surface area contributed by atoms with Gasteiger partial charge in [0.25, 0.3) is 0 Å². The molecule has 2 amide bonds. The largest absolute Gasteiger partial charge is 0.497 e. The normalized spacial score (nSPS) is 11.7. The van der Waals surface area contributed by atoms with Crippen LogP contribution in [0.2, 0.25) is 0 Å². The number of carbonyl (C=O) groups is 1. The second kappa shape index (κ2) is 8.94. The zero-order chi connectivity index (χ0) is 19.9. The Morgan fingerprint density at radius 3 is 2.71 bits per heavy atom. The minimum absolute atomic E-state index is 0.0674. The van der Waals surface area contributed by atoms with Gasteiger partial charge in [0.2, 0.25) is 0 Å². The van der Waals surface area contributed by atoms with Crippen LogP contribution in [0.3, 0.4) is 0 Å². The summed E-state index contributed by atoms with van der Waals surface area (Å²) in [6.45, 7) is 4.57. The molecule has 0 saturated heterocycles. The molecule has 1 aromatic carbocycles. The van der Waals surface area contributed by atoms with Crippen molar-refractivity contribution in [2.24, 2.45) is 0 Å². The first-order valence-corrected chi connectivity index (χ1v) is 8.99. The lowest BCUT2D eigenvalue weighted by atomic mass is 10.2. The van der Waals surface area contributed by atoms with Gasteiger partial charge in [-0.15, -0.1) is 5.10 Å². The predicted octanol–water partition coefficient (Wildman–Crippen LogP) is 2.90. The zero-order valence-electron chi connectivity index (χ0n) is 16.1. The summed E-state index contributed by atoms with van der Waals surface area (Å²) in [5.74, 6) is 0.590. The molecular formula is C19H23N7O2. The van der Waals surface area contributed by atoms with E-state index in [2.05, 4.69) is 32.7 Å². The minimum Gasteiger partial charge on any atom is -0.497 e. The molecule has 0 saturated carbocycles. The molecule has 3 aromatic rings. The number of rotatable bonds is 7. The molecule has 0 bridgehead atoms. The van der Waals surface area contributed by atoms with E-state index in [1.54, 1.807) is 42.6 Å². The van der Waals surface area contributed by atoms with E-state index in [9.17, 15) is 4.79 Å². The molecular weight excluding hydrogens is 358 g/mol. The Bertz CT molecular complexity index is 900. The highest BCUT2D eigenvalue weighted by Crippen LogP contribution is 2.24. The number of urea groups is 1. The van der Waals surface area contributed by atoms with Crippen molar-refractivity contribution in [1.82, 2.24) is 30.1 Å². The number of aromatic nitrogens is 5. The van der Waals surface area contributed by atoms with Crippen molar-refractivity contribution in [3.63, 3.8) is 0 Å². The lowest BCUT2D eigenvalue weighted by Gasteiger charge is -2.29. The highest BCUT2D eigenvalue weighted by molar-refractivity contribution is 5.90. The van der Waals surface area contributed by atoms with Gasteiger partial charge < -0.3 is 15.0 Å². The Balaban J connectivity index is 1.83. The second-order valence-electron chi connectivity index (χ2n) is 6.34. The van der Waals surface area contributed by atoms with E-state index in [1.807, 2.05) is 19.1 Å². The van der Waals surface area contributed by atoms with Crippen LogP contribution in [-0.4, -0.2) is 49.3 Å². The molecule has 0 spiro atoms. The van der Waals surface area contributed by atoms with E-state index < -0.39 is 0 Å². The van der Waals surface area contributed by atoms with Gasteiger partial charge >= 0.3 is 6.03 Å². The van der Waals surface area contributed by atoms with Crippen molar-refractivity contribution >= 4 is 11.7 Å². The fourth-order valence-electron chi connectivity index (χ4n) is 2.71. The molecule has 1 N–H and O–H groups in total. The molecule has 2 heterocycles. The van der Waals surface area contributed by atoms with Crippen LogP contribution in [0.25, 0.3) is 5.69 Å². The molecule has 9 nitrogen and oxygen atoms in total. The smallest absolute Gasteiger partial charge is 0.322 e. The standard InChI is InChI=1S/C19H23N7O2/c1-4-14(2)25(12-15-5-7-20-8-6-15)19(27)22-16-9-17(11-18(10-16)28-3)26-13-21-23-24-26/h5-11,13-14H,4,12H2,1-3H3,(H,22,27)/t14-/m1/s1. The summed E-state index contributed by atoms with van der Waals surface area (Å²) in [4.78, 5) is 18.9. The van der Waals surface area contributed by atoms with Crippen molar-refractivity contribution in [2.45, 2.75) is 32.9 Å². The Morgan fingerprint density at radius 2 is 2.07 bits per heavy atom. The second-order valence-corrected chi connectivity index (χ2v) is 6.34. The van der Waals surface area contributed by atoms with Crippen molar-refractivity contribution < 1.29 is 9.53 Å². The maximum Gasteiger partial charge on any atom is 0.322 e. The number of benzene rings is 1. The number of methoxy groups -OCH3 is 1. The van der Waals surface area contributed by atoms with Crippen molar-refractivity contribution in [1.29, 1.82) is 0 Å². The van der Waals surface area contributed by atoms with Crippen molar-refractivity contribution in [3.8, 4) is 11.4 Å². The number of pyridine rings is 1. The topological polar surface area (TPSA) is 98.1 Å². The third-order valence-electron chi connectivity index (χ3n) is 4.48. The van der Waals surface area contributed by atoms with E-state index >= 15 is 0 Å². The first kappa shape index (κ1) is 19.3. The van der Waals surface area contributed by atoms with Gasteiger partial charge in [-0.3, -0.25) is 4.98 Å². The van der Waals surface area contributed by atoms with E-state index in [4.69, 9.17) is 4.74 Å². The van der Waals surface area contributed by atoms with Crippen LogP contribution >= 0.6 is 0 Å². The number of hydrogen-bond donors (Lipinski definition) is 1. The summed E-state index contributed by atoms with van der Waals surface area (Å²) >= 11 is 0. The number of nitrogens with zero attached hydrogens (tertiary/aromatic N) is 6. The summed E-state index contributed by atoms with van der Waals surface area (Å²) < 4.78 is 6.85. The van der Waals surface area contributed by atoms with Gasteiger partial charge in [-0.05, 0) is 47.5 Å². The maximum absolute atomic E-state index is 13.0. The molecule has 0 fully saturated rings. The van der Waals surface area contributed by atoms with Gasteiger partial charge in [0.05, 0.1) is 12.8 Å². The fourth-order valence-corrected chi connectivity index (χ4v) is 2.71. The molecule has 0 aliphatic heterocycles. The number of nitrogens with one attached hydrogen (secondary N) is 1. The van der Waals surface area contributed by atoms with Crippen LogP contribution in [0.1, 0.15) is 25.8 Å². The molecule has 9 heteroatoms. The first-order chi connectivity index (χ1) is 13.6. The van der Waals surface area contributed by atoms with Crippen LogP contribution in [0, 0.1) is 0 Å². The van der Waals surface area contributed by atoms with Gasteiger partial charge in [-0.25, -0.2) is 9.48 Å². The molecule has 3 rings (SSSR count). The SMILES string of the molecule is CC[C@@H](C)N(Cc1ccncc1)C(=O)Nc1cc(OC)cc(-n2cnnn2)c1. The van der Waals surface area contributed by atoms with E-state index in [1.165, 1.54) is 11.0 Å². The highest BCUT2D eigenvalue weighted by Gasteiger charge is 2.20. The maximum atomic E-state index is 13.0. The van der Waals surface area contributed by atoms with Crippen molar-refractivity contribution in [2.75, 3.05) is 12.4 Å². The third-order valence-corrected chi connectivity index (χ3v) is 4.48. The van der Waals surface area contributed by atoms with E-state index in [0.717, 1.165) is 12.0 Å². The fraction of sp³-hybridized carbons (Fsp3) is 0.316. The zero-order valence-corrected chi connectivity index (χ0v) is 16.1. The monoisotopic (exact) mass is 381 g/mol. The quantitative estimate of drug-likeness (QED) is 0.676. The molecule has 0 aliphatic rings. The number of amides is 2. The Kier molecular flexibility index (Phi) is 6.15. The number of ether oxygens (including phenoxy) is 1. The predicted molar refractivity (Wildman–Crippen MR) is 104 cm³/mol. The molecule has 2 aromatic heterocycles. The molecule has 0 radical (unpaired) electrons. The molecule has 28 heavy (non-hydrogen) atoms. The minimum atomic E-state index is -0.193. The summed E-state index contributed by atoms with van der Waals surface area (Å²) in [5, 5.41) is 14.1. The van der Waals surface area contributed by atoms with Gasteiger partial charge in [0.15, 0.2) is 0 Å². The molecule has 1 atom stereocenters. The molecule has 0 unspecified atom stereocenters. The molecule has 0 aliphatic carbocycles. The summed E-state index contributed by atoms with van der Waals surface area (Å²) in [6, 6.07) is 9.02. The summed E-state index contributed by atoms with van der Waals surface area (Å²) in [7, 11) is 1.57. The van der Waals surface area contributed by atoms with Crippen LogP contribution in [0.15, 0.2) is 49.1 Å². The lowest BCUT2D eigenvalue weighted by molar-refractivity contribution is 0.187. The van der Waals surface area contributed by atoms with Gasteiger partial charge in [0.1, 0.15) is 12.1 Å². The molecule has 146 valence electrons. The van der Waals surface area contributed by atoms with Crippen LogP contribution in [-0.2, 0) is 6.54 Å². The number of carbonyl (C=O) groups excluding carboxylic acids is 1. The first-order valence-electron chi connectivity index (χ1n) is 8.99. The number of tetrazole rings is 1.